The minimum atomic E-state index is 0.00809. The van der Waals surface area contributed by atoms with Crippen LogP contribution in [-0.4, -0.2) is 6.61 Å². The van der Waals surface area contributed by atoms with Gasteiger partial charge in [-0.05, 0) is 25.5 Å². The quantitative estimate of drug-likeness (QED) is 0.756. The van der Waals surface area contributed by atoms with Crippen LogP contribution in [0.5, 0.6) is 5.75 Å². The van der Waals surface area contributed by atoms with Gasteiger partial charge in [0.2, 0.25) is 0 Å². The van der Waals surface area contributed by atoms with Crippen LogP contribution in [0.3, 0.4) is 0 Å². The Bertz CT molecular complexity index is 339. The third kappa shape index (κ3) is 5.09. The SMILES string of the molecule is CCCCCCOc1cc(Br)ccc1C(C)N. The zero-order chi connectivity index (χ0) is 12.7. The van der Waals surface area contributed by atoms with E-state index in [9.17, 15) is 0 Å². The van der Waals surface area contributed by atoms with Crippen LogP contribution in [0.1, 0.15) is 51.1 Å². The van der Waals surface area contributed by atoms with Crippen molar-refractivity contribution in [3.63, 3.8) is 0 Å². The normalized spacial score (nSPS) is 12.5. The van der Waals surface area contributed by atoms with Crippen molar-refractivity contribution >= 4 is 15.9 Å². The van der Waals surface area contributed by atoms with Gasteiger partial charge in [0.05, 0.1) is 6.61 Å². The molecule has 3 heteroatoms. The second-order valence-electron chi connectivity index (χ2n) is 4.38. The summed E-state index contributed by atoms with van der Waals surface area (Å²) in [5, 5.41) is 0. The monoisotopic (exact) mass is 299 g/mol. The van der Waals surface area contributed by atoms with Crippen LogP contribution < -0.4 is 10.5 Å². The van der Waals surface area contributed by atoms with E-state index in [0.717, 1.165) is 28.8 Å². The van der Waals surface area contributed by atoms with E-state index in [1.54, 1.807) is 0 Å². The summed E-state index contributed by atoms with van der Waals surface area (Å²) in [5.41, 5.74) is 6.99. The maximum absolute atomic E-state index is 5.92. The average Bonchev–Trinajstić information content (AvgIpc) is 2.28. The van der Waals surface area contributed by atoms with Gasteiger partial charge in [0.25, 0.3) is 0 Å². The Morgan fingerprint density at radius 1 is 1.29 bits per heavy atom. The maximum atomic E-state index is 5.92. The fourth-order valence-corrected chi connectivity index (χ4v) is 2.06. The van der Waals surface area contributed by atoms with E-state index >= 15 is 0 Å². The smallest absolute Gasteiger partial charge is 0.125 e. The Morgan fingerprint density at radius 2 is 2.06 bits per heavy atom. The molecule has 0 amide bonds. The number of halogens is 1. The van der Waals surface area contributed by atoms with Crippen LogP contribution >= 0.6 is 15.9 Å². The largest absolute Gasteiger partial charge is 0.493 e. The van der Waals surface area contributed by atoms with Gasteiger partial charge in [-0.15, -0.1) is 0 Å². The molecule has 1 rings (SSSR count). The molecule has 0 aliphatic rings. The summed E-state index contributed by atoms with van der Waals surface area (Å²) in [6.07, 6.45) is 4.88. The number of ether oxygens (including phenoxy) is 1. The van der Waals surface area contributed by atoms with Crippen LogP contribution in [0, 0.1) is 0 Å². The molecule has 0 saturated heterocycles. The third-order valence-corrected chi connectivity index (χ3v) is 3.21. The van der Waals surface area contributed by atoms with Crippen LogP contribution in [-0.2, 0) is 0 Å². The zero-order valence-electron chi connectivity index (χ0n) is 10.7. The van der Waals surface area contributed by atoms with Crippen LogP contribution in [0.2, 0.25) is 0 Å². The molecule has 96 valence electrons. The predicted molar refractivity (Wildman–Crippen MR) is 76.4 cm³/mol. The van der Waals surface area contributed by atoms with Crippen molar-refractivity contribution in [1.29, 1.82) is 0 Å². The molecule has 17 heavy (non-hydrogen) atoms. The van der Waals surface area contributed by atoms with E-state index < -0.39 is 0 Å². The lowest BCUT2D eigenvalue weighted by Crippen LogP contribution is -2.08. The number of nitrogens with two attached hydrogens (primary N) is 1. The topological polar surface area (TPSA) is 35.2 Å². The van der Waals surface area contributed by atoms with Gasteiger partial charge in [-0.2, -0.15) is 0 Å². The van der Waals surface area contributed by atoms with Gasteiger partial charge in [-0.3, -0.25) is 0 Å². The molecule has 2 nitrogen and oxygen atoms in total. The van der Waals surface area contributed by atoms with Crippen LogP contribution in [0.4, 0.5) is 0 Å². The Hall–Kier alpha value is -0.540. The number of rotatable bonds is 7. The van der Waals surface area contributed by atoms with Crippen molar-refractivity contribution in [2.75, 3.05) is 6.61 Å². The summed E-state index contributed by atoms with van der Waals surface area (Å²) in [6, 6.07) is 6.03. The third-order valence-electron chi connectivity index (χ3n) is 2.72. The van der Waals surface area contributed by atoms with E-state index in [1.807, 2.05) is 25.1 Å². The lowest BCUT2D eigenvalue weighted by Gasteiger charge is -2.14. The van der Waals surface area contributed by atoms with E-state index in [0.29, 0.717) is 0 Å². The fourth-order valence-electron chi connectivity index (χ4n) is 1.72. The lowest BCUT2D eigenvalue weighted by atomic mass is 10.1. The van der Waals surface area contributed by atoms with Gasteiger partial charge < -0.3 is 10.5 Å². The molecule has 1 unspecified atom stereocenters. The van der Waals surface area contributed by atoms with Crippen LogP contribution in [0.25, 0.3) is 0 Å². The molecular weight excluding hydrogens is 278 g/mol. The number of benzene rings is 1. The first-order valence-corrected chi connectivity index (χ1v) is 7.12. The first-order chi connectivity index (χ1) is 8.15. The molecule has 2 N–H and O–H groups in total. The maximum Gasteiger partial charge on any atom is 0.125 e. The van der Waals surface area contributed by atoms with Crippen molar-refractivity contribution in [3.05, 3.63) is 28.2 Å². The highest BCUT2D eigenvalue weighted by Crippen LogP contribution is 2.27. The molecule has 0 heterocycles. The Balaban J connectivity index is 2.53. The standard InChI is InChI=1S/C14H22BrNO/c1-3-4-5-6-9-17-14-10-12(15)7-8-13(14)11(2)16/h7-8,10-11H,3-6,9,16H2,1-2H3. The molecule has 0 radical (unpaired) electrons. The summed E-state index contributed by atoms with van der Waals surface area (Å²) >= 11 is 3.46. The Labute approximate surface area is 113 Å². The molecule has 0 aliphatic carbocycles. The van der Waals surface area contributed by atoms with Gasteiger partial charge in [0.15, 0.2) is 0 Å². The molecule has 0 aromatic heterocycles. The van der Waals surface area contributed by atoms with E-state index in [2.05, 4.69) is 22.9 Å². The molecule has 1 atom stereocenters. The van der Waals surface area contributed by atoms with Crippen molar-refractivity contribution in [3.8, 4) is 5.75 Å². The summed E-state index contributed by atoms with van der Waals surface area (Å²) < 4.78 is 6.85. The highest BCUT2D eigenvalue weighted by atomic mass is 79.9. The van der Waals surface area contributed by atoms with Gasteiger partial charge >= 0.3 is 0 Å². The van der Waals surface area contributed by atoms with Crippen LogP contribution in [0.15, 0.2) is 22.7 Å². The molecular formula is C14H22BrNO. The second kappa shape index (κ2) is 7.72. The molecule has 0 aliphatic heterocycles. The van der Waals surface area contributed by atoms with E-state index in [1.165, 1.54) is 19.3 Å². The average molecular weight is 300 g/mol. The predicted octanol–water partition coefficient (Wildman–Crippen LogP) is 4.43. The minimum Gasteiger partial charge on any atom is -0.493 e. The summed E-state index contributed by atoms with van der Waals surface area (Å²) in [5.74, 6) is 0.908. The molecule has 0 fully saturated rings. The number of unbranched alkanes of at least 4 members (excludes halogenated alkanes) is 3. The lowest BCUT2D eigenvalue weighted by molar-refractivity contribution is 0.300. The molecule has 0 bridgehead atoms. The highest BCUT2D eigenvalue weighted by Gasteiger charge is 2.08. The molecule has 1 aromatic carbocycles. The second-order valence-corrected chi connectivity index (χ2v) is 5.30. The highest BCUT2D eigenvalue weighted by molar-refractivity contribution is 9.10. The van der Waals surface area contributed by atoms with Crippen molar-refractivity contribution in [2.45, 2.75) is 45.6 Å². The molecule has 0 saturated carbocycles. The minimum absolute atomic E-state index is 0.00809. The van der Waals surface area contributed by atoms with Crippen molar-refractivity contribution in [1.82, 2.24) is 0 Å². The van der Waals surface area contributed by atoms with E-state index in [4.69, 9.17) is 10.5 Å². The number of hydrogen-bond acceptors (Lipinski definition) is 2. The van der Waals surface area contributed by atoms with Gasteiger partial charge in [0.1, 0.15) is 5.75 Å². The van der Waals surface area contributed by atoms with Gasteiger partial charge in [-0.1, -0.05) is 48.2 Å². The summed E-state index contributed by atoms with van der Waals surface area (Å²) in [6.45, 7) is 4.97. The Morgan fingerprint density at radius 3 is 2.71 bits per heavy atom. The summed E-state index contributed by atoms with van der Waals surface area (Å²) in [4.78, 5) is 0. The van der Waals surface area contributed by atoms with Crippen molar-refractivity contribution < 1.29 is 4.74 Å². The first kappa shape index (κ1) is 14.5. The van der Waals surface area contributed by atoms with Crippen molar-refractivity contribution in [2.24, 2.45) is 5.73 Å². The van der Waals surface area contributed by atoms with Gasteiger partial charge in [0, 0.05) is 16.1 Å². The Kier molecular flexibility index (Phi) is 6.60. The summed E-state index contributed by atoms with van der Waals surface area (Å²) in [7, 11) is 0. The fraction of sp³-hybridized carbons (Fsp3) is 0.571. The van der Waals surface area contributed by atoms with E-state index in [-0.39, 0.29) is 6.04 Å². The zero-order valence-corrected chi connectivity index (χ0v) is 12.3. The first-order valence-electron chi connectivity index (χ1n) is 6.33. The van der Waals surface area contributed by atoms with Gasteiger partial charge in [-0.25, -0.2) is 0 Å². The molecule has 1 aromatic rings. The number of hydrogen-bond donors (Lipinski definition) is 1. The molecule has 0 spiro atoms.